The fraction of sp³-hybridized carbons (Fsp3) is 0.100. The number of carbonyl (C=O) groups is 1. The smallest absolute Gasteiger partial charge is 0.292 e. The van der Waals surface area contributed by atoms with Crippen LogP contribution in [0, 0.1) is 0 Å². The number of hydrogen-bond acceptors (Lipinski definition) is 5. The molecule has 0 bridgehead atoms. The zero-order valence-electron chi connectivity index (χ0n) is 14.8. The van der Waals surface area contributed by atoms with Gasteiger partial charge < -0.3 is 4.74 Å². The predicted octanol–water partition coefficient (Wildman–Crippen LogP) is 2.26. The Morgan fingerprint density at radius 1 is 1.22 bits per heavy atom. The lowest BCUT2D eigenvalue weighted by molar-refractivity contribution is 0.0950. The summed E-state index contributed by atoms with van der Waals surface area (Å²) in [7, 11) is 1.50. The van der Waals surface area contributed by atoms with Gasteiger partial charge >= 0.3 is 0 Å². The van der Waals surface area contributed by atoms with Crippen LogP contribution in [0.5, 0.6) is 5.75 Å². The lowest BCUT2D eigenvalue weighted by Gasteiger charge is -2.07. The third kappa shape index (κ3) is 3.92. The van der Waals surface area contributed by atoms with Gasteiger partial charge in [0.2, 0.25) is 0 Å². The molecule has 0 unspecified atom stereocenters. The van der Waals surface area contributed by atoms with Crippen molar-refractivity contribution < 1.29 is 9.53 Å². The molecule has 1 amide bonds. The van der Waals surface area contributed by atoms with Crippen LogP contribution in [0.25, 0.3) is 10.8 Å². The van der Waals surface area contributed by atoms with E-state index in [4.69, 9.17) is 4.74 Å². The number of hydrogen-bond donors (Lipinski definition) is 1. The maximum absolute atomic E-state index is 12.5. The summed E-state index contributed by atoms with van der Waals surface area (Å²) in [5.74, 6) is 0.114. The molecule has 0 saturated carbocycles. The summed E-state index contributed by atoms with van der Waals surface area (Å²) >= 11 is 0. The number of fused-ring (bicyclic) bond motifs is 1. The van der Waals surface area contributed by atoms with E-state index in [1.165, 1.54) is 13.3 Å². The van der Waals surface area contributed by atoms with Crippen molar-refractivity contribution in [3.05, 3.63) is 82.8 Å². The first-order chi connectivity index (χ1) is 13.1. The molecular weight excluding hydrogens is 344 g/mol. The molecular formula is C20H18N4O3. The zero-order chi connectivity index (χ0) is 19.2. The molecule has 0 aliphatic rings. The first-order valence-corrected chi connectivity index (χ1v) is 8.24. The molecule has 1 N–H and O–H groups in total. The molecule has 0 atom stereocenters. The topological polar surface area (TPSA) is 85.6 Å². The highest BCUT2D eigenvalue weighted by molar-refractivity contribution is 6.05. The van der Waals surface area contributed by atoms with Crippen molar-refractivity contribution in [3.8, 4) is 5.75 Å². The Labute approximate surface area is 155 Å². The lowest BCUT2D eigenvalue weighted by Crippen LogP contribution is -2.27. The van der Waals surface area contributed by atoms with Crippen LogP contribution in [0.2, 0.25) is 0 Å². The third-order valence-corrected chi connectivity index (χ3v) is 3.82. The Kier molecular flexibility index (Phi) is 5.41. The largest absolute Gasteiger partial charge is 0.489 e. The molecule has 0 aliphatic heterocycles. The molecule has 0 aliphatic carbocycles. The van der Waals surface area contributed by atoms with Crippen LogP contribution in [0.1, 0.15) is 16.1 Å². The highest BCUT2D eigenvalue weighted by Gasteiger charge is 2.14. The van der Waals surface area contributed by atoms with E-state index in [1.807, 2.05) is 18.2 Å². The number of aryl methyl sites for hydroxylation is 1. The molecule has 136 valence electrons. The van der Waals surface area contributed by atoms with E-state index in [-0.39, 0.29) is 11.3 Å². The van der Waals surface area contributed by atoms with Crippen LogP contribution in [-0.2, 0) is 7.05 Å². The van der Waals surface area contributed by atoms with Gasteiger partial charge in [-0.05, 0) is 18.2 Å². The van der Waals surface area contributed by atoms with Gasteiger partial charge in [0.15, 0.2) is 5.69 Å². The number of benzene rings is 2. The SMILES string of the molecule is C=CCOc1ccccc1/C=N\NC(=O)c1nn(C)c(=O)c2ccccc12. The van der Waals surface area contributed by atoms with Crippen LogP contribution in [-0.4, -0.2) is 28.5 Å². The molecule has 0 radical (unpaired) electrons. The van der Waals surface area contributed by atoms with Gasteiger partial charge in [-0.2, -0.15) is 10.2 Å². The quantitative estimate of drug-likeness (QED) is 0.414. The highest BCUT2D eigenvalue weighted by atomic mass is 16.5. The summed E-state index contributed by atoms with van der Waals surface area (Å²) in [5.41, 5.74) is 3.01. The molecule has 0 saturated heterocycles. The Morgan fingerprint density at radius 3 is 2.70 bits per heavy atom. The molecule has 1 heterocycles. The van der Waals surface area contributed by atoms with Crippen molar-refractivity contribution in [2.24, 2.45) is 12.1 Å². The van der Waals surface area contributed by atoms with Crippen LogP contribution in [0.15, 0.2) is 71.1 Å². The summed E-state index contributed by atoms with van der Waals surface area (Å²) < 4.78 is 6.68. The summed E-state index contributed by atoms with van der Waals surface area (Å²) in [4.78, 5) is 24.7. The van der Waals surface area contributed by atoms with E-state index in [0.717, 1.165) is 4.68 Å². The van der Waals surface area contributed by atoms with Gasteiger partial charge in [-0.25, -0.2) is 10.1 Å². The van der Waals surface area contributed by atoms with Crippen LogP contribution in [0.4, 0.5) is 0 Å². The first-order valence-electron chi connectivity index (χ1n) is 8.24. The van der Waals surface area contributed by atoms with Crippen LogP contribution >= 0.6 is 0 Å². The van der Waals surface area contributed by atoms with Crippen LogP contribution < -0.4 is 15.7 Å². The molecule has 1 aromatic heterocycles. The zero-order valence-corrected chi connectivity index (χ0v) is 14.8. The Hall–Kier alpha value is -3.74. The summed E-state index contributed by atoms with van der Waals surface area (Å²) in [6, 6.07) is 14.1. The number of aromatic nitrogens is 2. The van der Waals surface area contributed by atoms with Crippen molar-refractivity contribution in [1.29, 1.82) is 0 Å². The van der Waals surface area contributed by atoms with Gasteiger partial charge in [0.1, 0.15) is 12.4 Å². The van der Waals surface area contributed by atoms with E-state index in [1.54, 1.807) is 36.4 Å². The molecule has 7 nitrogen and oxygen atoms in total. The molecule has 7 heteroatoms. The second kappa shape index (κ2) is 8.09. The summed E-state index contributed by atoms with van der Waals surface area (Å²) in [6.45, 7) is 3.98. The number of amides is 1. The summed E-state index contributed by atoms with van der Waals surface area (Å²) in [5, 5.41) is 8.95. The second-order valence-electron chi connectivity index (χ2n) is 5.66. The molecule has 3 aromatic rings. The summed E-state index contributed by atoms with van der Waals surface area (Å²) in [6.07, 6.45) is 3.13. The fourth-order valence-corrected chi connectivity index (χ4v) is 2.55. The van der Waals surface area contributed by atoms with Gasteiger partial charge in [-0.15, -0.1) is 0 Å². The average molecular weight is 362 g/mol. The standard InChI is InChI=1S/C20H18N4O3/c1-3-12-27-17-11-7-4-8-14(17)13-21-22-19(25)18-15-9-5-6-10-16(15)20(26)24(2)23-18/h3-11,13H,1,12H2,2H3,(H,22,25)/b21-13-. The minimum Gasteiger partial charge on any atom is -0.489 e. The van der Waals surface area contributed by atoms with E-state index < -0.39 is 5.91 Å². The lowest BCUT2D eigenvalue weighted by atomic mass is 10.1. The van der Waals surface area contributed by atoms with Gasteiger partial charge in [-0.3, -0.25) is 9.59 Å². The molecule has 27 heavy (non-hydrogen) atoms. The minimum absolute atomic E-state index is 0.126. The van der Waals surface area contributed by atoms with Gasteiger partial charge in [0.05, 0.1) is 11.6 Å². The van der Waals surface area contributed by atoms with Gasteiger partial charge in [0, 0.05) is 18.0 Å². The maximum Gasteiger partial charge on any atom is 0.292 e. The van der Waals surface area contributed by atoms with E-state index in [2.05, 4.69) is 22.2 Å². The van der Waals surface area contributed by atoms with Gasteiger partial charge in [-0.1, -0.05) is 43.0 Å². The second-order valence-corrected chi connectivity index (χ2v) is 5.66. The normalized spacial score (nSPS) is 10.9. The van der Waals surface area contributed by atoms with Crippen molar-refractivity contribution in [3.63, 3.8) is 0 Å². The Morgan fingerprint density at radius 2 is 1.93 bits per heavy atom. The van der Waals surface area contributed by atoms with Crippen molar-refractivity contribution in [2.45, 2.75) is 0 Å². The molecule has 3 rings (SSSR count). The third-order valence-electron chi connectivity index (χ3n) is 3.82. The number of ether oxygens (including phenoxy) is 1. The van der Waals surface area contributed by atoms with Crippen LogP contribution in [0.3, 0.4) is 0 Å². The maximum atomic E-state index is 12.5. The van der Waals surface area contributed by atoms with E-state index in [0.29, 0.717) is 28.7 Å². The molecule has 2 aromatic carbocycles. The number of para-hydroxylation sites is 1. The molecule has 0 spiro atoms. The number of carbonyl (C=O) groups excluding carboxylic acids is 1. The van der Waals surface area contributed by atoms with E-state index in [9.17, 15) is 9.59 Å². The molecule has 0 fully saturated rings. The van der Waals surface area contributed by atoms with E-state index >= 15 is 0 Å². The first kappa shape index (κ1) is 18.1. The average Bonchev–Trinajstić information content (AvgIpc) is 2.70. The predicted molar refractivity (Wildman–Crippen MR) is 104 cm³/mol. The number of nitrogens with zero attached hydrogens (tertiary/aromatic N) is 3. The van der Waals surface area contributed by atoms with Crippen molar-refractivity contribution in [2.75, 3.05) is 6.61 Å². The fourth-order valence-electron chi connectivity index (χ4n) is 2.55. The number of rotatable bonds is 6. The number of hydrazone groups is 1. The number of nitrogens with one attached hydrogen (secondary N) is 1. The highest BCUT2D eigenvalue weighted by Crippen LogP contribution is 2.16. The minimum atomic E-state index is -0.512. The monoisotopic (exact) mass is 362 g/mol. The Bertz CT molecular complexity index is 1090. The van der Waals surface area contributed by atoms with Crippen molar-refractivity contribution in [1.82, 2.24) is 15.2 Å². The Balaban J connectivity index is 1.84. The van der Waals surface area contributed by atoms with Gasteiger partial charge in [0.25, 0.3) is 11.5 Å². The van der Waals surface area contributed by atoms with Crippen molar-refractivity contribution >= 4 is 22.9 Å².